The van der Waals surface area contributed by atoms with Crippen molar-refractivity contribution in [1.82, 2.24) is 0 Å². The van der Waals surface area contributed by atoms with E-state index in [1.54, 1.807) is 6.92 Å². The molecule has 1 aromatic carbocycles. The second kappa shape index (κ2) is 10.3. The Morgan fingerprint density at radius 3 is 2.17 bits per heavy atom. The van der Waals surface area contributed by atoms with E-state index in [0.29, 0.717) is 6.61 Å². The average molecular weight is 252 g/mol. The minimum Gasteiger partial charge on any atom is -0.450 e. The van der Waals surface area contributed by atoms with Crippen LogP contribution in [0.5, 0.6) is 0 Å². The van der Waals surface area contributed by atoms with E-state index >= 15 is 0 Å². The Kier molecular flexibility index (Phi) is 9.27. The molecule has 0 aliphatic heterocycles. The van der Waals surface area contributed by atoms with Crippen LogP contribution in [0.2, 0.25) is 0 Å². The number of hydrogen-bond acceptors (Lipinski definition) is 3. The Hall–Kier alpha value is -1.84. The molecule has 0 aliphatic carbocycles. The maximum absolute atomic E-state index is 10.6. The van der Waals surface area contributed by atoms with Crippen LogP contribution in [0.4, 0.5) is 4.79 Å². The number of hydrogen-bond donors (Lipinski definition) is 1. The molecular formula is C14H20O4. The molecule has 18 heavy (non-hydrogen) atoms. The van der Waals surface area contributed by atoms with E-state index < -0.39 is 6.16 Å². The highest BCUT2D eigenvalue weighted by Crippen LogP contribution is 1.97. The van der Waals surface area contributed by atoms with Gasteiger partial charge in [-0.25, -0.2) is 4.79 Å². The van der Waals surface area contributed by atoms with Crippen LogP contribution in [0.25, 0.3) is 0 Å². The van der Waals surface area contributed by atoms with Gasteiger partial charge in [0.1, 0.15) is 0 Å². The fourth-order valence-corrected chi connectivity index (χ4v) is 1.18. The molecule has 0 saturated heterocycles. The molecule has 4 heteroatoms. The Bertz CT molecular complexity index is 346. The SMILES string of the molecule is CC(=O)c1ccccc1.CCCCCOC(=O)O. The topological polar surface area (TPSA) is 63.6 Å². The zero-order valence-electron chi connectivity index (χ0n) is 10.9. The molecule has 0 atom stereocenters. The molecule has 0 unspecified atom stereocenters. The van der Waals surface area contributed by atoms with Crippen LogP contribution in [0.3, 0.4) is 0 Å². The monoisotopic (exact) mass is 252 g/mol. The van der Waals surface area contributed by atoms with Crippen LogP contribution in [-0.4, -0.2) is 23.7 Å². The molecule has 0 fully saturated rings. The fourth-order valence-electron chi connectivity index (χ4n) is 1.18. The molecular weight excluding hydrogens is 232 g/mol. The first-order valence-corrected chi connectivity index (χ1v) is 5.99. The Balaban J connectivity index is 0.000000321. The third kappa shape index (κ3) is 9.39. The molecule has 0 aromatic heterocycles. The van der Waals surface area contributed by atoms with Gasteiger partial charge in [-0.1, -0.05) is 50.1 Å². The van der Waals surface area contributed by atoms with Gasteiger partial charge in [0.05, 0.1) is 6.61 Å². The summed E-state index contributed by atoms with van der Waals surface area (Å²) in [6, 6.07) is 9.23. The minimum absolute atomic E-state index is 0.121. The summed E-state index contributed by atoms with van der Waals surface area (Å²) in [7, 11) is 0. The summed E-state index contributed by atoms with van der Waals surface area (Å²) in [5.74, 6) is 0.121. The largest absolute Gasteiger partial charge is 0.505 e. The van der Waals surface area contributed by atoms with Crippen molar-refractivity contribution >= 4 is 11.9 Å². The van der Waals surface area contributed by atoms with Crippen molar-refractivity contribution in [2.75, 3.05) is 6.61 Å². The van der Waals surface area contributed by atoms with Crippen LogP contribution >= 0.6 is 0 Å². The van der Waals surface area contributed by atoms with E-state index in [-0.39, 0.29) is 5.78 Å². The van der Waals surface area contributed by atoms with Gasteiger partial charge in [-0.3, -0.25) is 4.79 Å². The molecule has 0 amide bonds. The number of ketones is 1. The summed E-state index contributed by atoms with van der Waals surface area (Å²) in [6.07, 6.45) is 1.78. The summed E-state index contributed by atoms with van der Waals surface area (Å²) >= 11 is 0. The number of carbonyl (C=O) groups excluding carboxylic acids is 1. The number of rotatable bonds is 5. The second-order valence-corrected chi connectivity index (χ2v) is 3.74. The lowest BCUT2D eigenvalue weighted by molar-refractivity contribution is 0.0900. The number of Topliss-reactive ketones (excluding diaryl/α,β-unsaturated/α-hetero) is 1. The maximum atomic E-state index is 10.6. The molecule has 0 aliphatic rings. The smallest absolute Gasteiger partial charge is 0.450 e. The summed E-state index contributed by atoms with van der Waals surface area (Å²) in [4.78, 5) is 20.4. The van der Waals surface area contributed by atoms with Crippen molar-refractivity contribution in [2.24, 2.45) is 0 Å². The molecule has 0 heterocycles. The second-order valence-electron chi connectivity index (χ2n) is 3.74. The van der Waals surface area contributed by atoms with Gasteiger partial charge in [-0.15, -0.1) is 0 Å². The van der Waals surface area contributed by atoms with E-state index in [1.165, 1.54) is 0 Å². The zero-order chi connectivity index (χ0) is 13.8. The first-order chi connectivity index (χ1) is 8.57. The molecule has 0 saturated carbocycles. The Labute approximate surface area is 108 Å². The zero-order valence-corrected chi connectivity index (χ0v) is 10.9. The van der Waals surface area contributed by atoms with Gasteiger partial charge in [-0.2, -0.15) is 0 Å². The Morgan fingerprint density at radius 1 is 1.17 bits per heavy atom. The van der Waals surface area contributed by atoms with E-state index in [4.69, 9.17) is 5.11 Å². The van der Waals surface area contributed by atoms with Crippen molar-refractivity contribution in [2.45, 2.75) is 33.1 Å². The van der Waals surface area contributed by atoms with E-state index in [2.05, 4.69) is 11.7 Å². The van der Waals surface area contributed by atoms with Gasteiger partial charge in [0.15, 0.2) is 5.78 Å². The number of carboxylic acid groups (broad SMARTS) is 1. The van der Waals surface area contributed by atoms with Crippen molar-refractivity contribution < 1.29 is 19.4 Å². The maximum Gasteiger partial charge on any atom is 0.505 e. The molecule has 0 spiro atoms. The number of ether oxygens (including phenoxy) is 1. The lowest BCUT2D eigenvalue weighted by atomic mass is 10.2. The number of carbonyl (C=O) groups is 2. The van der Waals surface area contributed by atoms with Crippen molar-refractivity contribution in [3.05, 3.63) is 35.9 Å². The van der Waals surface area contributed by atoms with Gasteiger partial charge in [0.2, 0.25) is 0 Å². The van der Waals surface area contributed by atoms with E-state index in [9.17, 15) is 9.59 Å². The number of benzene rings is 1. The molecule has 1 N–H and O–H groups in total. The van der Waals surface area contributed by atoms with Crippen LogP contribution in [0.15, 0.2) is 30.3 Å². The standard InChI is InChI=1S/C8H8O.C6H12O3/c1-7(9)8-5-3-2-4-6-8;1-2-3-4-5-9-6(7)8/h2-6H,1H3;2-5H2,1H3,(H,7,8). The van der Waals surface area contributed by atoms with Gasteiger partial charge in [0, 0.05) is 5.56 Å². The third-order valence-electron chi connectivity index (χ3n) is 2.15. The quantitative estimate of drug-likeness (QED) is 0.492. The summed E-state index contributed by atoms with van der Waals surface area (Å²) < 4.78 is 4.26. The summed E-state index contributed by atoms with van der Waals surface area (Å²) in [5.41, 5.74) is 0.775. The molecule has 0 radical (unpaired) electrons. The fraction of sp³-hybridized carbons (Fsp3) is 0.429. The van der Waals surface area contributed by atoms with Crippen molar-refractivity contribution in [3.8, 4) is 0 Å². The van der Waals surface area contributed by atoms with E-state index in [0.717, 1.165) is 24.8 Å². The summed E-state index contributed by atoms with van der Waals surface area (Å²) in [5, 5.41) is 7.99. The van der Waals surface area contributed by atoms with Gasteiger partial charge in [-0.05, 0) is 13.3 Å². The lowest BCUT2D eigenvalue weighted by Crippen LogP contribution is -2.00. The first-order valence-electron chi connectivity index (χ1n) is 5.99. The van der Waals surface area contributed by atoms with Gasteiger partial charge >= 0.3 is 6.16 Å². The lowest BCUT2D eigenvalue weighted by Gasteiger charge is -1.96. The Morgan fingerprint density at radius 2 is 1.78 bits per heavy atom. The van der Waals surface area contributed by atoms with Gasteiger partial charge in [0.25, 0.3) is 0 Å². The van der Waals surface area contributed by atoms with Crippen LogP contribution in [0.1, 0.15) is 43.5 Å². The molecule has 1 aromatic rings. The highest BCUT2D eigenvalue weighted by atomic mass is 16.7. The van der Waals surface area contributed by atoms with Crippen LogP contribution in [-0.2, 0) is 4.74 Å². The molecule has 100 valence electrons. The predicted molar refractivity (Wildman–Crippen MR) is 69.9 cm³/mol. The van der Waals surface area contributed by atoms with Gasteiger partial charge < -0.3 is 9.84 Å². The van der Waals surface area contributed by atoms with E-state index in [1.807, 2.05) is 30.3 Å². The molecule has 0 bridgehead atoms. The van der Waals surface area contributed by atoms with Crippen LogP contribution in [0, 0.1) is 0 Å². The highest BCUT2D eigenvalue weighted by Gasteiger charge is 1.93. The van der Waals surface area contributed by atoms with Crippen molar-refractivity contribution in [1.29, 1.82) is 0 Å². The minimum atomic E-state index is -1.17. The summed E-state index contributed by atoms with van der Waals surface area (Å²) in [6.45, 7) is 3.96. The normalized spacial score (nSPS) is 9.00. The highest BCUT2D eigenvalue weighted by molar-refractivity contribution is 5.93. The first kappa shape index (κ1) is 16.2. The van der Waals surface area contributed by atoms with Crippen molar-refractivity contribution in [3.63, 3.8) is 0 Å². The number of unbranched alkanes of at least 4 members (excludes halogenated alkanes) is 2. The molecule has 1 rings (SSSR count). The average Bonchev–Trinajstić information content (AvgIpc) is 2.36. The van der Waals surface area contributed by atoms with Crippen LogP contribution < -0.4 is 0 Å². The third-order valence-corrected chi connectivity index (χ3v) is 2.15. The molecule has 4 nitrogen and oxygen atoms in total. The predicted octanol–water partition coefficient (Wildman–Crippen LogP) is 3.76.